The van der Waals surface area contributed by atoms with Crippen LogP contribution >= 0.6 is 0 Å². The van der Waals surface area contributed by atoms with Crippen molar-refractivity contribution in [2.45, 2.75) is 31.6 Å². The van der Waals surface area contributed by atoms with Crippen LogP contribution in [-0.4, -0.2) is 30.9 Å². The number of nitrogens with one attached hydrogen (secondary N) is 1. The number of hydrogen-bond donors (Lipinski definition) is 1. The van der Waals surface area contributed by atoms with E-state index in [4.69, 9.17) is 9.47 Å². The van der Waals surface area contributed by atoms with Gasteiger partial charge in [-0.1, -0.05) is 0 Å². The maximum atomic E-state index is 10.6. The molecule has 1 unspecified atom stereocenters. The molecule has 0 bridgehead atoms. The Bertz CT molecular complexity index is 190. The fourth-order valence-corrected chi connectivity index (χ4v) is 1.68. The van der Waals surface area contributed by atoms with E-state index in [0.717, 1.165) is 6.42 Å². The minimum atomic E-state index is -0.460. The van der Waals surface area contributed by atoms with Crippen LogP contribution in [-0.2, 0) is 14.3 Å². The SMILES string of the molecule is CC1(CC2CC(=O)N2)OCCO1. The maximum Gasteiger partial charge on any atom is 0.222 e. The summed E-state index contributed by atoms with van der Waals surface area (Å²) in [7, 11) is 0. The highest BCUT2D eigenvalue weighted by atomic mass is 16.7. The first kappa shape index (κ1) is 8.01. The van der Waals surface area contributed by atoms with Gasteiger partial charge in [0.15, 0.2) is 5.79 Å². The van der Waals surface area contributed by atoms with E-state index in [1.54, 1.807) is 0 Å². The molecule has 1 amide bonds. The van der Waals surface area contributed by atoms with Gasteiger partial charge in [0.2, 0.25) is 5.91 Å². The normalized spacial score (nSPS) is 32.8. The molecule has 0 aromatic carbocycles. The van der Waals surface area contributed by atoms with E-state index < -0.39 is 5.79 Å². The van der Waals surface area contributed by atoms with Gasteiger partial charge in [-0.25, -0.2) is 0 Å². The Kier molecular flexibility index (Phi) is 1.81. The summed E-state index contributed by atoms with van der Waals surface area (Å²) in [6, 6.07) is 0.251. The Morgan fingerprint density at radius 2 is 2.17 bits per heavy atom. The number of ether oxygens (including phenoxy) is 2. The van der Waals surface area contributed by atoms with Crippen LogP contribution in [0.4, 0.5) is 0 Å². The standard InChI is InChI=1S/C8H13NO3/c1-8(11-2-3-12-8)5-6-4-7(10)9-6/h6H,2-5H2,1H3,(H,9,10). The average molecular weight is 171 g/mol. The Labute approximate surface area is 71.2 Å². The molecule has 2 aliphatic rings. The van der Waals surface area contributed by atoms with Crippen LogP contribution in [0.25, 0.3) is 0 Å². The number of carbonyl (C=O) groups is 1. The van der Waals surface area contributed by atoms with Gasteiger partial charge < -0.3 is 14.8 Å². The smallest absolute Gasteiger partial charge is 0.222 e. The molecule has 2 saturated heterocycles. The quantitative estimate of drug-likeness (QED) is 0.596. The molecule has 0 aliphatic carbocycles. The summed E-state index contributed by atoms with van der Waals surface area (Å²) >= 11 is 0. The Morgan fingerprint density at radius 3 is 2.67 bits per heavy atom. The van der Waals surface area contributed by atoms with Crippen LogP contribution in [0.15, 0.2) is 0 Å². The molecule has 0 spiro atoms. The molecular weight excluding hydrogens is 158 g/mol. The number of β-lactam (4-membered cyclic amide) rings is 1. The van der Waals surface area contributed by atoms with E-state index in [-0.39, 0.29) is 11.9 Å². The Hall–Kier alpha value is -0.610. The highest BCUT2D eigenvalue weighted by Crippen LogP contribution is 2.26. The molecule has 2 fully saturated rings. The van der Waals surface area contributed by atoms with Gasteiger partial charge in [0.25, 0.3) is 0 Å². The second-order valence-electron chi connectivity index (χ2n) is 3.50. The van der Waals surface area contributed by atoms with Gasteiger partial charge in [0.1, 0.15) is 0 Å². The fraction of sp³-hybridized carbons (Fsp3) is 0.875. The van der Waals surface area contributed by atoms with Gasteiger partial charge in [-0.15, -0.1) is 0 Å². The predicted octanol–water partition coefficient (Wildman–Crippen LogP) is 0.0280. The van der Waals surface area contributed by atoms with Crippen molar-refractivity contribution in [3.63, 3.8) is 0 Å². The molecule has 0 saturated carbocycles. The highest BCUT2D eigenvalue weighted by molar-refractivity contribution is 5.82. The zero-order chi connectivity index (χ0) is 8.60. The van der Waals surface area contributed by atoms with Gasteiger partial charge in [-0.05, 0) is 6.92 Å². The van der Waals surface area contributed by atoms with E-state index in [2.05, 4.69) is 5.32 Å². The molecular formula is C8H13NO3. The fourth-order valence-electron chi connectivity index (χ4n) is 1.68. The van der Waals surface area contributed by atoms with Crippen LogP contribution < -0.4 is 5.32 Å². The topological polar surface area (TPSA) is 47.6 Å². The van der Waals surface area contributed by atoms with E-state index in [9.17, 15) is 4.79 Å². The third-order valence-corrected chi connectivity index (χ3v) is 2.31. The van der Waals surface area contributed by atoms with Crippen molar-refractivity contribution in [1.82, 2.24) is 5.32 Å². The molecule has 0 aromatic heterocycles. The van der Waals surface area contributed by atoms with Gasteiger partial charge in [-0.3, -0.25) is 4.79 Å². The molecule has 4 nitrogen and oxygen atoms in total. The van der Waals surface area contributed by atoms with Crippen LogP contribution in [0.5, 0.6) is 0 Å². The van der Waals surface area contributed by atoms with E-state index in [1.807, 2.05) is 6.92 Å². The van der Waals surface area contributed by atoms with Crippen molar-refractivity contribution in [3.05, 3.63) is 0 Å². The largest absolute Gasteiger partial charge is 0.353 e. The lowest BCUT2D eigenvalue weighted by Gasteiger charge is -2.33. The molecule has 2 heterocycles. The zero-order valence-corrected chi connectivity index (χ0v) is 7.13. The third kappa shape index (κ3) is 1.44. The third-order valence-electron chi connectivity index (χ3n) is 2.31. The summed E-state index contributed by atoms with van der Waals surface area (Å²) in [4.78, 5) is 10.6. The predicted molar refractivity (Wildman–Crippen MR) is 41.5 cm³/mol. The minimum Gasteiger partial charge on any atom is -0.353 e. The number of rotatable bonds is 2. The summed E-state index contributed by atoms with van der Waals surface area (Å²) < 4.78 is 10.8. The lowest BCUT2D eigenvalue weighted by Crippen LogP contribution is -2.52. The van der Waals surface area contributed by atoms with E-state index in [0.29, 0.717) is 19.6 Å². The first-order valence-corrected chi connectivity index (χ1v) is 4.25. The van der Waals surface area contributed by atoms with E-state index in [1.165, 1.54) is 0 Å². The molecule has 1 N–H and O–H groups in total. The summed E-state index contributed by atoms with van der Waals surface area (Å²) in [6.45, 7) is 3.25. The molecule has 1 atom stereocenters. The lowest BCUT2D eigenvalue weighted by molar-refractivity contribution is -0.158. The lowest BCUT2D eigenvalue weighted by atomic mass is 9.98. The van der Waals surface area contributed by atoms with Gasteiger partial charge in [0.05, 0.1) is 13.2 Å². The van der Waals surface area contributed by atoms with Crippen molar-refractivity contribution in [1.29, 1.82) is 0 Å². The molecule has 2 aliphatic heterocycles. The highest BCUT2D eigenvalue weighted by Gasteiger charge is 2.38. The van der Waals surface area contributed by atoms with Gasteiger partial charge in [0, 0.05) is 18.9 Å². The summed E-state index contributed by atoms with van der Waals surface area (Å²) in [6.07, 6.45) is 1.38. The van der Waals surface area contributed by atoms with Crippen molar-refractivity contribution < 1.29 is 14.3 Å². The second-order valence-corrected chi connectivity index (χ2v) is 3.50. The van der Waals surface area contributed by atoms with Crippen molar-refractivity contribution in [2.24, 2.45) is 0 Å². The molecule has 4 heteroatoms. The van der Waals surface area contributed by atoms with Crippen molar-refractivity contribution in [2.75, 3.05) is 13.2 Å². The Morgan fingerprint density at radius 1 is 1.58 bits per heavy atom. The van der Waals surface area contributed by atoms with Crippen LogP contribution in [0.1, 0.15) is 19.8 Å². The zero-order valence-electron chi connectivity index (χ0n) is 7.13. The molecule has 0 radical (unpaired) electrons. The monoisotopic (exact) mass is 171 g/mol. The van der Waals surface area contributed by atoms with Gasteiger partial charge >= 0.3 is 0 Å². The first-order valence-electron chi connectivity index (χ1n) is 4.25. The minimum absolute atomic E-state index is 0.126. The van der Waals surface area contributed by atoms with Crippen LogP contribution in [0.2, 0.25) is 0 Å². The summed E-state index contributed by atoms with van der Waals surface area (Å²) in [5.74, 6) is -0.333. The Balaban J connectivity index is 1.82. The molecule has 12 heavy (non-hydrogen) atoms. The van der Waals surface area contributed by atoms with Crippen molar-refractivity contribution >= 4 is 5.91 Å². The number of carbonyl (C=O) groups excluding carboxylic acids is 1. The van der Waals surface area contributed by atoms with Crippen LogP contribution in [0, 0.1) is 0 Å². The average Bonchev–Trinajstić information content (AvgIpc) is 2.33. The summed E-state index contributed by atoms with van der Waals surface area (Å²) in [5.41, 5.74) is 0. The molecule has 68 valence electrons. The first-order chi connectivity index (χ1) is 5.68. The summed E-state index contributed by atoms with van der Waals surface area (Å²) in [5, 5.41) is 2.80. The number of hydrogen-bond acceptors (Lipinski definition) is 3. The second kappa shape index (κ2) is 2.71. The van der Waals surface area contributed by atoms with E-state index >= 15 is 0 Å². The van der Waals surface area contributed by atoms with Gasteiger partial charge in [-0.2, -0.15) is 0 Å². The molecule has 0 aromatic rings. The van der Waals surface area contributed by atoms with Crippen LogP contribution in [0.3, 0.4) is 0 Å². The van der Waals surface area contributed by atoms with Crippen molar-refractivity contribution in [3.8, 4) is 0 Å². The molecule has 2 rings (SSSR count). The maximum absolute atomic E-state index is 10.6. The number of amides is 1.